The number of β-amino-alcohol motifs (C(OH)–C–C–N with tert-alkyl or cyclic N) is 1. The molecule has 2 N–H and O–H groups in total. The van der Waals surface area contributed by atoms with Crippen LogP contribution in [0.3, 0.4) is 0 Å². The lowest BCUT2D eigenvalue weighted by Crippen LogP contribution is -2.53. The number of carbonyl (C=O) groups is 1. The minimum atomic E-state index is -5.04. The molecule has 0 aliphatic carbocycles. The lowest BCUT2D eigenvalue weighted by Gasteiger charge is -2.39. The molecule has 3 aromatic carbocycles. The number of ether oxygens (including phenoxy) is 1. The third-order valence-corrected chi connectivity index (χ3v) is 7.76. The molecule has 1 aliphatic heterocycles. The molecule has 1 unspecified atom stereocenters. The third-order valence-electron chi connectivity index (χ3n) is 7.76. The Hall–Kier alpha value is -4.42. The van der Waals surface area contributed by atoms with Gasteiger partial charge in [0.2, 0.25) is 5.60 Å². The number of piperidine rings is 1. The summed E-state index contributed by atoms with van der Waals surface area (Å²) >= 11 is 0. The SMILES string of the molecule is O=C(O)Cc1ccc(OC2CCN(CC(O)(c3cn(Cc4ccccc4)c4cc([N+](=O)[O-])ccc34)C(F)(F)F)CC2)cc1. The first-order valence-corrected chi connectivity index (χ1v) is 13.7. The van der Waals surface area contributed by atoms with E-state index in [0.29, 0.717) is 24.2 Å². The van der Waals surface area contributed by atoms with Gasteiger partial charge in [-0.1, -0.05) is 42.5 Å². The Bertz CT molecular complexity index is 1600. The van der Waals surface area contributed by atoms with Crippen LogP contribution in [0, 0.1) is 10.1 Å². The second kappa shape index (κ2) is 12.1. The number of carboxylic acid groups (broad SMARTS) is 1. The maximum Gasteiger partial charge on any atom is 0.422 e. The summed E-state index contributed by atoms with van der Waals surface area (Å²) in [6, 6.07) is 19.3. The van der Waals surface area contributed by atoms with Crippen LogP contribution in [0.25, 0.3) is 10.9 Å². The summed E-state index contributed by atoms with van der Waals surface area (Å²) in [4.78, 5) is 23.3. The van der Waals surface area contributed by atoms with E-state index in [9.17, 15) is 33.2 Å². The van der Waals surface area contributed by atoms with E-state index in [1.165, 1.54) is 22.9 Å². The van der Waals surface area contributed by atoms with Gasteiger partial charge in [-0.15, -0.1) is 0 Å². The summed E-state index contributed by atoms with van der Waals surface area (Å²) in [6.07, 6.45) is -3.30. The summed E-state index contributed by atoms with van der Waals surface area (Å²) < 4.78 is 51.7. The zero-order chi connectivity index (χ0) is 30.8. The minimum Gasteiger partial charge on any atom is -0.490 e. The molecule has 9 nitrogen and oxygen atoms in total. The normalized spacial score (nSPS) is 16.2. The van der Waals surface area contributed by atoms with Gasteiger partial charge in [-0.25, -0.2) is 0 Å². The molecule has 2 heterocycles. The highest BCUT2D eigenvalue weighted by Crippen LogP contribution is 2.44. The predicted octanol–water partition coefficient (Wildman–Crippen LogP) is 5.52. The number of aliphatic hydroxyl groups is 1. The molecule has 226 valence electrons. The van der Waals surface area contributed by atoms with E-state index in [0.717, 1.165) is 11.6 Å². The van der Waals surface area contributed by atoms with Crippen LogP contribution in [0.2, 0.25) is 0 Å². The van der Waals surface area contributed by atoms with Crippen molar-refractivity contribution in [1.82, 2.24) is 9.47 Å². The van der Waals surface area contributed by atoms with Crippen molar-refractivity contribution in [2.75, 3.05) is 19.6 Å². The van der Waals surface area contributed by atoms with Crippen molar-refractivity contribution in [2.24, 2.45) is 0 Å². The summed E-state index contributed by atoms with van der Waals surface area (Å²) in [5.74, 6) is -0.401. The Balaban J connectivity index is 1.37. The summed E-state index contributed by atoms with van der Waals surface area (Å²) in [5, 5.41) is 31.9. The number of carboxylic acids is 1. The van der Waals surface area contributed by atoms with Crippen LogP contribution in [0.4, 0.5) is 18.9 Å². The van der Waals surface area contributed by atoms with E-state index in [-0.39, 0.29) is 54.3 Å². The molecule has 0 amide bonds. The number of halogens is 3. The first kappa shape index (κ1) is 30.1. The highest BCUT2D eigenvalue weighted by atomic mass is 19.4. The monoisotopic (exact) mass is 597 g/mol. The second-order valence-corrected chi connectivity index (χ2v) is 10.8. The molecule has 1 atom stereocenters. The van der Waals surface area contributed by atoms with Gasteiger partial charge >= 0.3 is 12.1 Å². The number of alkyl halides is 3. The highest BCUT2D eigenvalue weighted by molar-refractivity contribution is 5.87. The maximum atomic E-state index is 14.7. The van der Waals surface area contributed by atoms with E-state index < -0.39 is 29.2 Å². The van der Waals surface area contributed by atoms with Gasteiger partial charge < -0.3 is 19.5 Å². The van der Waals surface area contributed by atoms with Crippen LogP contribution in [0.5, 0.6) is 5.75 Å². The molecule has 5 rings (SSSR count). The molecule has 1 fully saturated rings. The lowest BCUT2D eigenvalue weighted by molar-refractivity contribution is -0.384. The number of hydrogen-bond acceptors (Lipinski definition) is 6. The highest BCUT2D eigenvalue weighted by Gasteiger charge is 2.57. The average Bonchev–Trinajstić information content (AvgIpc) is 3.32. The van der Waals surface area contributed by atoms with E-state index >= 15 is 0 Å². The summed E-state index contributed by atoms with van der Waals surface area (Å²) in [6.45, 7) is -0.0659. The van der Waals surface area contributed by atoms with Crippen LogP contribution < -0.4 is 4.74 Å². The molecular formula is C31H30F3N3O6. The maximum absolute atomic E-state index is 14.7. The van der Waals surface area contributed by atoms with E-state index in [4.69, 9.17) is 9.84 Å². The number of nitro groups is 1. The predicted molar refractivity (Wildman–Crippen MR) is 152 cm³/mol. The zero-order valence-corrected chi connectivity index (χ0v) is 23.0. The molecule has 0 spiro atoms. The Morgan fingerprint density at radius 3 is 2.28 bits per heavy atom. The molecule has 1 aliphatic rings. The van der Waals surface area contributed by atoms with Crippen molar-refractivity contribution in [3.8, 4) is 5.75 Å². The molecular weight excluding hydrogens is 567 g/mol. The van der Waals surface area contributed by atoms with Crippen LogP contribution in [0.1, 0.15) is 29.5 Å². The van der Waals surface area contributed by atoms with Crippen molar-refractivity contribution < 1.29 is 37.8 Å². The quantitative estimate of drug-likeness (QED) is 0.183. The van der Waals surface area contributed by atoms with E-state index in [1.807, 2.05) is 6.07 Å². The van der Waals surface area contributed by atoms with Crippen molar-refractivity contribution in [2.45, 2.75) is 43.7 Å². The number of hydrogen-bond donors (Lipinski definition) is 2. The van der Waals surface area contributed by atoms with Gasteiger partial charge in [0.05, 0.1) is 16.9 Å². The van der Waals surface area contributed by atoms with E-state index in [1.54, 1.807) is 53.4 Å². The second-order valence-electron chi connectivity index (χ2n) is 10.8. The third kappa shape index (κ3) is 6.65. The van der Waals surface area contributed by atoms with Gasteiger partial charge in [-0.3, -0.25) is 19.8 Å². The largest absolute Gasteiger partial charge is 0.490 e. The molecule has 1 saturated heterocycles. The Kier molecular flexibility index (Phi) is 8.43. The molecule has 1 aromatic heterocycles. The van der Waals surface area contributed by atoms with Crippen molar-refractivity contribution in [1.29, 1.82) is 0 Å². The number of aromatic nitrogens is 1. The Morgan fingerprint density at radius 2 is 1.67 bits per heavy atom. The van der Waals surface area contributed by atoms with Gasteiger partial charge in [-0.2, -0.15) is 13.2 Å². The minimum absolute atomic E-state index is 0.0888. The molecule has 0 bridgehead atoms. The first-order chi connectivity index (χ1) is 20.4. The fourth-order valence-electron chi connectivity index (χ4n) is 5.52. The van der Waals surface area contributed by atoms with Crippen LogP contribution >= 0.6 is 0 Å². The van der Waals surface area contributed by atoms with Crippen molar-refractivity contribution in [3.63, 3.8) is 0 Å². The molecule has 43 heavy (non-hydrogen) atoms. The van der Waals surface area contributed by atoms with Crippen LogP contribution in [-0.4, -0.2) is 62.5 Å². The Morgan fingerprint density at radius 1 is 1.00 bits per heavy atom. The number of likely N-dealkylation sites (tertiary alicyclic amines) is 1. The number of fused-ring (bicyclic) bond motifs is 1. The number of aliphatic carboxylic acids is 1. The number of rotatable bonds is 10. The topological polar surface area (TPSA) is 118 Å². The van der Waals surface area contributed by atoms with Gasteiger partial charge in [0.15, 0.2) is 0 Å². The average molecular weight is 598 g/mol. The number of non-ortho nitro benzene ring substituents is 1. The van der Waals surface area contributed by atoms with Gasteiger partial charge in [0.25, 0.3) is 5.69 Å². The fraction of sp³-hybridized carbons (Fsp3) is 0.323. The van der Waals surface area contributed by atoms with Crippen molar-refractivity contribution in [3.05, 3.63) is 106 Å². The molecule has 0 radical (unpaired) electrons. The molecule has 0 saturated carbocycles. The van der Waals surface area contributed by atoms with Gasteiger partial charge in [-0.05, 0) is 42.2 Å². The van der Waals surface area contributed by atoms with Crippen molar-refractivity contribution >= 4 is 22.6 Å². The van der Waals surface area contributed by atoms with E-state index in [2.05, 4.69) is 0 Å². The number of nitrogens with zero attached hydrogens (tertiary/aromatic N) is 3. The summed E-state index contributed by atoms with van der Waals surface area (Å²) in [5.41, 5.74) is -2.23. The zero-order valence-electron chi connectivity index (χ0n) is 23.0. The lowest BCUT2D eigenvalue weighted by atomic mass is 9.91. The number of benzene rings is 3. The number of nitro benzene ring substituents is 1. The molecule has 4 aromatic rings. The van der Waals surface area contributed by atoms with Crippen LogP contribution in [-0.2, 0) is 23.4 Å². The Labute approximate surface area is 244 Å². The smallest absolute Gasteiger partial charge is 0.422 e. The molecule has 12 heteroatoms. The first-order valence-electron chi connectivity index (χ1n) is 13.7. The van der Waals surface area contributed by atoms with Gasteiger partial charge in [0, 0.05) is 55.5 Å². The van der Waals surface area contributed by atoms with Gasteiger partial charge in [0.1, 0.15) is 11.9 Å². The van der Waals surface area contributed by atoms with Crippen LogP contribution in [0.15, 0.2) is 79.0 Å². The fourth-order valence-corrected chi connectivity index (χ4v) is 5.52. The summed E-state index contributed by atoms with van der Waals surface area (Å²) in [7, 11) is 0. The standard InChI is InChI=1S/C31H30F3N3O6/c32-31(33,34)30(40,20-35-14-12-25(13-15-35)43-24-9-6-21(7-10-24)16-29(38)39)27-19-36(18-22-4-2-1-3-5-22)28-17-23(37(41)42)8-11-26(27)28/h1-11,17,19,25,40H,12-16,18,20H2,(H,38,39).